The number of carbonyl (C=O) groups is 2. The SMILES string of the molecule is N[C@@H](Cc1ccccc1)C(=O)OC(=O)O. The second-order valence-electron chi connectivity index (χ2n) is 2.98. The maximum absolute atomic E-state index is 11.0. The second kappa shape index (κ2) is 5.11. The van der Waals surface area contributed by atoms with Gasteiger partial charge in [0.15, 0.2) is 0 Å². The van der Waals surface area contributed by atoms with Crippen molar-refractivity contribution < 1.29 is 19.4 Å². The highest BCUT2D eigenvalue weighted by molar-refractivity contribution is 5.84. The molecule has 1 rings (SSSR count). The van der Waals surface area contributed by atoms with Gasteiger partial charge in [0.2, 0.25) is 0 Å². The maximum Gasteiger partial charge on any atom is 0.513 e. The Morgan fingerprint density at radius 3 is 2.47 bits per heavy atom. The Hall–Kier alpha value is -1.88. The minimum absolute atomic E-state index is 0.257. The Balaban J connectivity index is 2.52. The van der Waals surface area contributed by atoms with Crippen molar-refractivity contribution in [3.63, 3.8) is 0 Å². The van der Waals surface area contributed by atoms with Gasteiger partial charge in [0.1, 0.15) is 6.04 Å². The van der Waals surface area contributed by atoms with E-state index in [1.807, 2.05) is 18.2 Å². The number of carbonyl (C=O) groups excluding carboxylic acids is 1. The summed E-state index contributed by atoms with van der Waals surface area (Å²) in [5.74, 6) is -0.939. The molecule has 0 radical (unpaired) electrons. The van der Waals surface area contributed by atoms with Crippen LogP contribution < -0.4 is 5.73 Å². The first-order chi connectivity index (χ1) is 7.09. The van der Waals surface area contributed by atoms with Crippen molar-refractivity contribution >= 4 is 12.1 Å². The van der Waals surface area contributed by atoms with Gasteiger partial charge in [-0.25, -0.2) is 9.59 Å². The molecule has 0 saturated carbocycles. The van der Waals surface area contributed by atoms with Crippen LogP contribution in [0, 0.1) is 0 Å². The lowest BCUT2D eigenvalue weighted by Crippen LogP contribution is -2.35. The number of nitrogens with two attached hydrogens (primary N) is 1. The van der Waals surface area contributed by atoms with E-state index < -0.39 is 18.2 Å². The highest BCUT2D eigenvalue weighted by Crippen LogP contribution is 2.02. The summed E-state index contributed by atoms with van der Waals surface area (Å²) in [4.78, 5) is 21.1. The standard InChI is InChI=1S/C10H11NO4/c11-8(9(12)15-10(13)14)6-7-4-2-1-3-5-7/h1-5,8H,6,11H2,(H,13,14)/t8-/m0/s1. The Labute approximate surface area is 86.5 Å². The van der Waals surface area contributed by atoms with Gasteiger partial charge in [-0.1, -0.05) is 30.3 Å². The molecule has 0 aliphatic carbocycles. The van der Waals surface area contributed by atoms with Crippen molar-refractivity contribution in [2.75, 3.05) is 0 Å². The Morgan fingerprint density at radius 2 is 1.93 bits per heavy atom. The minimum atomic E-state index is -1.64. The third kappa shape index (κ3) is 3.78. The average Bonchev–Trinajstić information content (AvgIpc) is 2.18. The first kappa shape index (κ1) is 11.2. The minimum Gasteiger partial charge on any atom is -0.449 e. The van der Waals surface area contributed by atoms with Gasteiger partial charge in [0, 0.05) is 0 Å². The summed E-state index contributed by atoms with van der Waals surface area (Å²) in [5, 5.41) is 8.20. The van der Waals surface area contributed by atoms with Crippen LogP contribution in [0.3, 0.4) is 0 Å². The van der Waals surface area contributed by atoms with Gasteiger partial charge in [-0.15, -0.1) is 0 Å². The normalized spacial score (nSPS) is 11.8. The van der Waals surface area contributed by atoms with E-state index in [4.69, 9.17) is 10.8 Å². The number of hydrogen-bond acceptors (Lipinski definition) is 4. The number of rotatable bonds is 3. The molecule has 1 aromatic carbocycles. The van der Waals surface area contributed by atoms with E-state index in [-0.39, 0.29) is 6.42 Å². The van der Waals surface area contributed by atoms with E-state index in [1.165, 1.54) is 0 Å². The van der Waals surface area contributed by atoms with Crippen LogP contribution in [0.15, 0.2) is 30.3 Å². The van der Waals surface area contributed by atoms with E-state index in [9.17, 15) is 9.59 Å². The van der Waals surface area contributed by atoms with Crippen LogP contribution in [0.25, 0.3) is 0 Å². The molecule has 15 heavy (non-hydrogen) atoms. The smallest absolute Gasteiger partial charge is 0.449 e. The van der Waals surface area contributed by atoms with Gasteiger partial charge in [0.05, 0.1) is 0 Å². The maximum atomic E-state index is 11.0. The molecule has 0 heterocycles. The molecule has 0 aliphatic rings. The van der Waals surface area contributed by atoms with Crippen LogP contribution in [0.4, 0.5) is 4.79 Å². The molecule has 0 fully saturated rings. The van der Waals surface area contributed by atoms with Gasteiger partial charge in [-0.05, 0) is 12.0 Å². The zero-order valence-electron chi connectivity index (χ0n) is 7.92. The molecule has 1 atom stereocenters. The predicted octanol–water partition coefficient (Wildman–Crippen LogP) is 0.778. The van der Waals surface area contributed by atoms with Crippen LogP contribution in [-0.4, -0.2) is 23.3 Å². The Kier molecular flexibility index (Phi) is 3.82. The van der Waals surface area contributed by atoms with Crippen molar-refractivity contribution in [1.82, 2.24) is 0 Å². The van der Waals surface area contributed by atoms with Crippen molar-refractivity contribution in [3.8, 4) is 0 Å². The zero-order valence-corrected chi connectivity index (χ0v) is 7.92. The van der Waals surface area contributed by atoms with Gasteiger partial charge < -0.3 is 15.6 Å². The van der Waals surface area contributed by atoms with Crippen LogP contribution in [0.5, 0.6) is 0 Å². The number of esters is 1. The lowest BCUT2D eigenvalue weighted by Gasteiger charge is -2.08. The molecule has 0 aromatic heterocycles. The molecular weight excluding hydrogens is 198 g/mol. The monoisotopic (exact) mass is 209 g/mol. The quantitative estimate of drug-likeness (QED) is 0.567. The number of benzene rings is 1. The van der Waals surface area contributed by atoms with Crippen LogP contribution in [0.1, 0.15) is 5.56 Å². The summed E-state index contributed by atoms with van der Waals surface area (Å²) < 4.78 is 3.94. The van der Waals surface area contributed by atoms with Gasteiger partial charge >= 0.3 is 12.1 Å². The largest absolute Gasteiger partial charge is 0.513 e. The first-order valence-corrected chi connectivity index (χ1v) is 4.33. The van der Waals surface area contributed by atoms with Gasteiger partial charge in [-0.2, -0.15) is 0 Å². The van der Waals surface area contributed by atoms with E-state index in [1.54, 1.807) is 12.1 Å². The van der Waals surface area contributed by atoms with Crippen molar-refractivity contribution in [2.24, 2.45) is 5.73 Å². The molecule has 0 amide bonds. The highest BCUT2D eigenvalue weighted by atomic mass is 16.7. The fourth-order valence-corrected chi connectivity index (χ4v) is 1.11. The highest BCUT2D eigenvalue weighted by Gasteiger charge is 2.18. The predicted molar refractivity (Wildman–Crippen MR) is 52.2 cm³/mol. The molecule has 0 bridgehead atoms. The van der Waals surface area contributed by atoms with Gasteiger partial charge in [0.25, 0.3) is 0 Å². The van der Waals surface area contributed by atoms with E-state index >= 15 is 0 Å². The first-order valence-electron chi connectivity index (χ1n) is 4.33. The average molecular weight is 209 g/mol. The number of hydrogen-bond donors (Lipinski definition) is 2. The summed E-state index contributed by atoms with van der Waals surface area (Å²) in [6, 6.07) is 8.10. The molecular formula is C10H11NO4. The van der Waals surface area contributed by atoms with Crippen LogP contribution in [-0.2, 0) is 16.0 Å². The number of carboxylic acid groups (broad SMARTS) is 1. The van der Waals surface area contributed by atoms with E-state index in [2.05, 4.69) is 4.74 Å². The Morgan fingerprint density at radius 1 is 1.33 bits per heavy atom. The molecule has 5 heteroatoms. The molecule has 0 saturated heterocycles. The fourth-order valence-electron chi connectivity index (χ4n) is 1.11. The molecule has 80 valence electrons. The molecule has 3 N–H and O–H groups in total. The fraction of sp³-hybridized carbons (Fsp3) is 0.200. The molecule has 0 aliphatic heterocycles. The molecule has 0 spiro atoms. The summed E-state index contributed by atoms with van der Waals surface area (Å²) in [7, 11) is 0. The van der Waals surface area contributed by atoms with Crippen molar-refractivity contribution in [1.29, 1.82) is 0 Å². The molecule has 1 aromatic rings. The van der Waals surface area contributed by atoms with Crippen molar-refractivity contribution in [3.05, 3.63) is 35.9 Å². The Bertz CT molecular complexity index is 350. The summed E-state index contributed by atoms with van der Waals surface area (Å²) in [5.41, 5.74) is 6.31. The van der Waals surface area contributed by atoms with E-state index in [0.717, 1.165) is 5.56 Å². The summed E-state index contributed by atoms with van der Waals surface area (Å²) in [6.07, 6.45) is -1.38. The summed E-state index contributed by atoms with van der Waals surface area (Å²) >= 11 is 0. The van der Waals surface area contributed by atoms with Crippen molar-refractivity contribution in [2.45, 2.75) is 12.5 Å². The molecule has 0 unspecified atom stereocenters. The lowest BCUT2D eigenvalue weighted by molar-refractivity contribution is -0.140. The molecule has 5 nitrogen and oxygen atoms in total. The zero-order chi connectivity index (χ0) is 11.3. The second-order valence-corrected chi connectivity index (χ2v) is 2.98. The summed E-state index contributed by atoms with van der Waals surface area (Å²) in [6.45, 7) is 0. The third-order valence-corrected chi connectivity index (χ3v) is 1.79. The lowest BCUT2D eigenvalue weighted by atomic mass is 10.1. The topological polar surface area (TPSA) is 89.6 Å². The van der Waals surface area contributed by atoms with Crippen LogP contribution in [0.2, 0.25) is 0 Å². The third-order valence-electron chi connectivity index (χ3n) is 1.79. The van der Waals surface area contributed by atoms with E-state index in [0.29, 0.717) is 0 Å². The van der Waals surface area contributed by atoms with Gasteiger partial charge in [-0.3, -0.25) is 0 Å². The number of ether oxygens (including phenoxy) is 1. The van der Waals surface area contributed by atoms with Crippen LogP contribution >= 0.6 is 0 Å².